The molecule has 1 rings (SSSR count). The fourth-order valence-corrected chi connectivity index (χ4v) is 0.722. The van der Waals surface area contributed by atoms with Gasteiger partial charge in [-0.2, -0.15) is 0 Å². The van der Waals surface area contributed by atoms with Crippen molar-refractivity contribution in [1.82, 2.24) is 0 Å². The number of ether oxygens (including phenoxy) is 1. The van der Waals surface area contributed by atoms with Gasteiger partial charge in [0.1, 0.15) is 0 Å². The third kappa shape index (κ3) is 0.703. The Morgan fingerprint density at radius 2 is 2.25 bits per heavy atom. The topological polar surface area (TPSA) is 26.3 Å². The van der Waals surface area contributed by atoms with Crippen LogP contribution in [0.3, 0.4) is 0 Å². The van der Waals surface area contributed by atoms with Crippen LogP contribution in [0.25, 0.3) is 0 Å². The maximum atomic E-state index is 10.6. The first-order chi connectivity index (χ1) is 3.72. The molecule has 1 aliphatic heterocycles. The van der Waals surface area contributed by atoms with Crippen LogP contribution in [0.1, 0.15) is 13.8 Å². The highest BCUT2D eigenvalue weighted by Crippen LogP contribution is 2.19. The van der Waals surface area contributed by atoms with Crippen molar-refractivity contribution >= 4 is 5.97 Å². The van der Waals surface area contributed by atoms with E-state index in [0.29, 0.717) is 12.5 Å². The van der Waals surface area contributed by atoms with Crippen molar-refractivity contribution in [1.29, 1.82) is 0 Å². The minimum Gasteiger partial charge on any atom is -0.465 e. The van der Waals surface area contributed by atoms with Crippen LogP contribution in [-0.2, 0) is 9.53 Å². The normalized spacial score (nSPS) is 37.5. The average molecular weight is 114 g/mol. The SMILES string of the molecule is CC1COC(=O)[C@@H]1C. The highest BCUT2D eigenvalue weighted by molar-refractivity contribution is 5.74. The Balaban J connectivity index is 2.56. The first-order valence-corrected chi connectivity index (χ1v) is 2.88. The van der Waals surface area contributed by atoms with E-state index in [1.165, 1.54) is 0 Å². The number of esters is 1. The monoisotopic (exact) mass is 114 g/mol. The Morgan fingerprint density at radius 1 is 1.62 bits per heavy atom. The zero-order valence-electron chi connectivity index (χ0n) is 5.18. The number of hydrogen-bond acceptors (Lipinski definition) is 2. The Morgan fingerprint density at radius 3 is 2.38 bits per heavy atom. The lowest BCUT2D eigenvalue weighted by atomic mass is 10.0. The van der Waals surface area contributed by atoms with Crippen LogP contribution in [0.2, 0.25) is 0 Å². The lowest BCUT2D eigenvalue weighted by Gasteiger charge is -1.98. The van der Waals surface area contributed by atoms with Gasteiger partial charge in [-0.1, -0.05) is 13.8 Å². The molecule has 2 heteroatoms. The molecule has 1 saturated heterocycles. The van der Waals surface area contributed by atoms with Crippen LogP contribution < -0.4 is 0 Å². The second kappa shape index (κ2) is 1.77. The maximum Gasteiger partial charge on any atom is 0.309 e. The van der Waals surface area contributed by atoms with Gasteiger partial charge in [-0.15, -0.1) is 0 Å². The minimum atomic E-state index is -0.0440. The zero-order valence-corrected chi connectivity index (χ0v) is 5.18. The molecule has 0 aromatic carbocycles. The van der Waals surface area contributed by atoms with E-state index in [2.05, 4.69) is 0 Å². The maximum absolute atomic E-state index is 10.6. The van der Waals surface area contributed by atoms with Gasteiger partial charge in [0, 0.05) is 5.92 Å². The summed E-state index contributed by atoms with van der Waals surface area (Å²) in [6.45, 7) is 4.54. The zero-order chi connectivity index (χ0) is 6.15. The van der Waals surface area contributed by atoms with Crippen molar-refractivity contribution in [3.05, 3.63) is 0 Å². The van der Waals surface area contributed by atoms with Crippen molar-refractivity contribution < 1.29 is 9.53 Å². The quantitative estimate of drug-likeness (QED) is 0.436. The van der Waals surface area contributed by atoms with Crippen LogP contribution in [0, 0.1) is 11.8 Å². The van der Waals surface area contributed by atoms with E-state index in [9.17, 15) is 4.79 Å². The van der Waals surface area contributed by atoms with Gasteiger partial charge in [0.05, 0.1) is 12.5 Å². The van der Waals surface area contributed by atoms with Gasteiger partial charge in [-0.05, 0) is 0 Å². The standard InChI is InChI=1S/C6H10O2/c1-4-3-8-6(7)5(4)2/h4-5H,3H2,1-2H3/t4?,5-/m1/s1. The summed E-state index contributed by atoms with van der Waals surface area (Å²) in [6, 6.07) is 0. The molecule has 0 N–H and O–H groups in total. The number of carbonyl (C=O) groups excluding carboxylic acids is 1. The minimum absolute atomic E-state index is 0.0440. The predicted molar refractivity (Wildman–Crippen MR) is 29.3 cm³/mol. The Bertz CT molecular complexity index is 109. The summed E-state index contributed by atoms with van der Waals surface area (Å²) in [7, 11) is 0. The third-order valence-corrected chi connectivity index (χ3v) is 1.71. The van der Waals surface area contributed by atoms with Gasteiger partial charge in [0.15, 0.2) is 0 Å². The Kier molecular flexibility index (Phi) is 1.24. The van der Waals surface area contributed by atoms with Gasteiger partial charge in [-0.3, -0.25) is 4.79 Å². The van der Waals surface area contributed by atoms with Gasteiger partial charge >= 0.3 is 5.97 Å². The Labute approximate surface area is 48.8 Å². The summed E-state index contributed by atoms with van der Waals surface area (Å²) < 4.78 is 4.74. The smallest absolute Gasteiger partial charge is 0.309 e. The molecule has 0 radical (unpaired) electrons. The molecule has 8 heavy (non-hydrogen) atoms. The van der Waals surface area contributed by atoms with Crippen LogP contribution >= 0.6 is 0 Å². The highest BCUT2D eigenvalue weighted by Gasteiger charge is 2.28. The largest absolute Gasteiger partial charge is 0.465 e. The lowest BCUT2D eigenvalue weighted by Crippen LogP contribution is -2.07. The van der Waals surface area contributed by atoms with Crippen molar-refractivity contribution in [2.24, 2.45) is 11.8 Å². The molecule has 0 amide bonds. The van der Waals surface area contributed by atoms with E-state index >= 15 is 0 Å². The number of rotatable bonds is 0. The van der Waals surface area contributed by atoms with Crippen LogP contribution in [0.15, 0.2) is 0 Å². The van der Waals surface area contributed by atoms with E-state index in [-0.39, 0.29) is 11.9 Å². The number of carbonyl (C=O) groups is 1. The number of hydrogen-bond donors (Lipinski definition) is 0. The summed E-state index contributed by atoms with van der Waals surface area (Å²) in [5, 5.41) is 0. The van der Waals surface area contributed by atoms with Gasteiger partial charge in [0.25, 0.3) is 0 Å². The van der Waals surface area contributed by atoms with E-state index < -0.39 is 0 Å². The molecular weight excluding hydrogens is 104 g/mol. The molecule has 0 saturated carbocycles. The molecule has 1 aliphatic rings. The molecule has 0 aromatic rings. The van der Waals surface area contributed by atoms with Gasteiger partial charge in [0.2, 0.25) is 0 Å². The fourth-order valence-electron chi connectivity index (χ4n) is 0.722. The second-order valence-corrected chi connectivity index (χ2v) is 2.40. The summed E-state index contributed by atoms with van der Waals surface area (Å²) >= 11 is 0. The van der Waals surface area contributed by atoms with Crippen molar-refractivity contribution in [3.63, 3.8) is 0 Å². The molecule has 1 fully saturated rings. The average Bonchev–Trinajstić information content (AvgIpc) is 1.98. The molecule has 0 aliphatic carbocycles. The third-order valence-electron chi connectivity index (χ3n) is 1.71. The lowest BCUT2D eigenvalue weighted by molar-refractivity contribution is -0.140. The molecule has 1 unspecified atom stereocenters. The van der Waals surface area contributed by atoms with E-state index in [4.69, 9.17) is 4.74 Å². The summed E-state index contributed by atoms with van der Waals surface area (Å²) in [5.74, 6) is 0.495. The van der Waals surface area contributed by atoms with Crippen LogP contribution in [0.4, 0.5) is 0 Å². The van der Waals surface area contributed by atoms with Crippen molar-refractivity contribution in [3.8, 4) is 0 Å². The molecule has 46 valence electrons. The van der Waals surface area contributed by atoms with E-state index in [1.807, 2.05) is 13.8 Å². The van der Waals surface area contributed by atoms with Gasteiger partial charge < -0.3 is 4.74 Å². The second-order valence-electron chi connectivity index (χ2n) is 2.40. The van der Waals surface area contributed by atoms with Crippen LogP contribution in [0.5, 0.6) is 0 Å². The summed E-state index contributed by atoms with van der Waals surface area (Å²) in [4.78, 5) is 10.6. The molecule has 0 bridgehead atoms. The molecule has 2 nitrogen and oxygen atoms in total. The van der Waals surface area contributed by atoms with Crippen molar-refractivity contribution in [2.75, 3.05) is 6.61 Å². The summed E-state index contributed by atoms with van der Waals surface area (Å²) in [5.41, 5.74) is 0. The summed E-state index contributed by atoms with van der Waals surface area (Å²) in [6.07, 6.45) is 0. The molecule has 1 heterocycles. The van der Waals surface area contributed by atoms with Crippen LogP contribution in [-0.4, -0.2) is 12.6 Å². The number of cyclic esters (lactones) is 1. The predicted octanol–water partition coefficient (Wildman–Crippen LogP) is 0.815. The molecular formula is C6H10O2. The molecule has 0 spiro atoms. The first kappa shape index (κ1) is 5.60. The molecule has 0 aromatic heterocycles. The fraction of sp³-hybridized carbons (Fsp3) is 0.833. The Hall–Kier alpha value is -0.530. The van der Waals surface area contributed by atoms with Gasteiger partial charge in [-0.25, -0.2) is 0 Å². The highest BCUT2D eigenvalue weighted by atomic mass is 16.5. The van der Waals surface area contributed by atoms with E-state index in [0.717, 1.165) is 0 Å². The molecule has 2 atom stereocenters. The first-order valence-electron chi connectivity index (χ1n) is 2.88. The van der Waals surface area contributed by atoms with E-state index in [1.54, 1.807) is 0 Å². The van der Waals surface area contributed by atoms with Crippen molar-refractivity contribution in [2.45, 2.75) is 13.8 Å².